The van der Waals surface area contributed by atoms with Crippen molar-refractivity contribution in [3.8, 4) is 0 Å². The molecule has 6 heteroatoms. The maximum Gasteiger partial charge on any atom is 0.413 e. The third kappa shape index (κ3) is 4.93. The zero-order valence-electron chi connectivity index (χ0n) is 14.1. The molecule has 0 radical (unpaired) electrons. The zero-order valence-corrected chi connectivity index (χ0v) is 14.1. The summed E-state index contributed by atoms with van der Waals surface area (Å²) >= 11 is 0. The molecule has 1 fully saturated rings. The monoisotopic (exact) mass is 341 g/mol. The van der Waals surface area contributed by atoms with Crippen LogP contribution in [0.25, 0.3) is 0 Å². The second-order valence-electron chi connectivity index (χ2n) is 6.20. The molecular formula is C19H23N3O3. The Labute approximate surface area is 147 Å². The number of aliphatic hydroxyl groups is 1. The quantitative estimate of drug-likeness (QED) is 0.874. The van der Waals surface area contributed by atoms with Crippen molar-refractivity contribution in [1.29, 1.82) is 0 Å². The Bertz CT molecular complexity index is 668. The lowest BCUT2D eigenvalue weighted by Crippen LogP contribution is -2.34. The number of hydrogen-bond donors (Lipinski definition) is 2. The third-order valence-corrected chi connectivity index (χ3v) is 4.43. The molecule has 0 atom stereocenters. The average Bonchev–Trinajstić information content (AvgIpc) is 2.68. The number of carbonyl (C=O) groups excluding carboxylic acids is 1. The van der Waals surface area contributed by atoms with Crippen molar-refractivity contribution in [3.63, 3.8) is 0 Å². The largest absolute Gasteiger partial charge is 0.444 e. The number of aliphatic hydroxyl groups excluding tert-OH is 1. The van der Waals surface area contributed by atoms with Gasteiger partial charge in [-0.15, -0.1) is 0 Å². The molecule has 0 spiro atoms. The Morgan fingerprint density at radius 2 is 1.96 bits per heavy atom. The molecule has 0 saturated carbocycles. The fraction of sp³-hybridized carbons (Fsp3) is 0.368. The number of nitrogens with one attached hydrogen (secondary N) is 1. The summed E-state index contributed by atoms with van der Waals surface area (Å²) in [7, 11) is 0. The molecule has 2 heterocycles. The van der Waals surface area contributed by atoms with Gasteiger partial charge in [0.1, 0.15) is 12.4 Å². The van der Waals surface area contributed by atoms with Gasteiger partial charge in [-0.05, 0) is 36.5 Å². The van der Waals surface area contributed by atoms with Crippen LogP contribution in [0.3, 0.4) is 0 Å². The molecule has 132 valence electrons. The maximum absolute atomic E-state index is 11.8. The molecule has 1 aromatic carbocycles. The van der Waals surface area contributed by atoms with Crippen LogP contribution in [-0.2, 0) is 11.3 Å². The van der Waals surface area contributed by atoms with E-state index in [1.54, 1.807) is 12.3 Å². The van der Waals surface area contributed by atoms with E-state index < -0.39 is 6.09 Å². The summed E-state index contributed by atoms with van der Waals surface area (Å²) in [5.74, 6) is 0.872. The van der Waals surface area contributed by atoms with E-state index in [2.05, 4.69) is 15.2 Å². The van der Waals surface area contributed by atoms with Crippen LogP contribution in [-0.4, -0.2) is 35.9 Å². The number of pyridine rings is 1. The summed E-state index contributed by atoms with van der Waals surface area (Å²) in [6.45, 7) is 2.32. The molecule has 25 heavy (non-hydrogen) atoms. The minimum atomic E-state index is -0.520. The number of anilines is 2. The normalized spacial score (nSPS) is 15.0. The van der Waals surface area contributed by atoms with Gasteiger partial charge in [0.05, 0.1) is 11.9 Å². The van der Waals surface area contributed by atoms with Crippen LogP contribution in [0.4, 0.5) is 16.3 Å². The van der Waals surface area contributed by atoms with Crippen molar-refractivity contribution in [1.82, 2.24) is 4.98 Å². The molecule has 0 unspecified atom stereocenters. The molecule has 1 aliphatic rings. The molecule has 0 aliphatic carbocycles. The third-order valence-electron chi connectivity index (χ3n) is 4.43. The summed E-state index contributed by atoms with van der Waals surface area (Å²) in [5.41, 5.74) is 1.96. The van der Waals surface area contributed by atoms with Crippen molar-refractivity contribution in [2.24, 2.45) is 5.92 Å². The van der Waals surface area contributed by atoms with Gasteiger partial charge in [0.25, 0.3) is 0 Å². The number of ether oxygens (including phenoxy) is 1. The minimum absolute atomic E-state index is 0.227. The highest BCUT2D eigenvalue weighted by Crippen LogP contribution is 2.23. The summed E-state index contributed by atoms with van der Waals surface area (Å²) in [5, 5.41) is 11.8. The number of amides is 1. The van der Waals surface area contributed by atoms with Crippen LogP contribution in [0.2, 0.25) is 0 Å². The second-order valence-corrected chi connectivity index (χ2v) is 6.20. The van der Waals surface area contributed by atoms with Gasteiger partial charge < -0.3 is 14.7 Å². The van der Waals surface area contributed by atoms with Crippen LogP contribution in [0.5, 0.6) is 0 Å². The van der Waals surface area contributed by atoms with Gasteiger partial charge >= 0.3 is 6.09 Å². The molecule has 1 saturated heterocycles. The number of rotatable bonds is 5. The molecule has 1 aromatic heterocycles. The Hall–Kier alpha value is -2.60. The van der Waals surface area contributed by atoms with Crippen LogP contribution >= 0.6 is 0 Å². The highest BCUT2D eigenvalue weighted by molar-refractivity contribution is 5.83. The van der Waals surface area contributed by atoms with Crippen molar-refractivity contribution >= 4 is 17.6 Å². The minimum Gasteiger partial charge on any atom is -0.444 e. The van der Waals surface area contributed by atoms with Gasteiger partial charge in [0, 0.05) is 19.7 Å². The van der Waals surface area contributed by atoms with E-state index in [1.165, 1.54) is 0 Å². The number of benzene rings is 1. The van der Waals surface area contributed by atoms with Gasteiger partial charge in [-0.2, -0.15) is 0 Å². The van der Waals surface area contributed by atoms with Crippen molar-refractivity contribution in [3.05, 3.63) is 54.2 Å². The summed E-state index contributed by atoms with van der Waals surface area (Å²) in [6, 6.07) is 13.2. The smallest absolute Gasteiger partial charge is 0.413 e. The fourth-order valence-electron chi connectivity index (χ4n) is 2.88. The van der Waals surface area contributed by atoms with Crippen LogP contribution in [0.15, 0.2) is 48.7 Å². The molecule has 2 N–H and O–H groups in total. The molecule has 3 rings (SSSR count). The standard InChI is InChI=1S/C19H23N3O3/c23-13-15-8-10-22(11-9-15)17-6-7-18(20-12-17)21-19(24)25-14-16-4-2-1-3-5-16/h1-7,12,15,23H,8-11,13-14H2,(H,20,21,24). The van der Waals surface area contributed by atoms with Crippen molar-refractivity contribution in [2.75, 3.05) is 29.9 Å². The maximum atomic E-state index is 11.8. The highest BCUT2D eigenvalue weighted by Gasteiger charge is 2.18. The summed E-state index contributed by atoms with van der Waals surface area (Å²) in [6.07, 6.45) is 3.21. The zero-order chi connectivity index (χ0) is 17.5. The van der Waals surface area contributed by atoms with Gasteiger partial charge in [-0.25, -0.2) is 9.78 Å². The van der Waals surface area contributed by atoms with E-state index in [0.29, 0.717) is 11.7 Å². The first-order valence-electron chi connectivity index (χ1n) is 8.54. The summed E-state index contributed by atoms with van der Waals surface area (Å²) in [4.78, 5) is 18.4. The number of aromatic nitrogens is 1. The lowest BCUT2D eigenvalue weighted by Gasteiger charge is -2.32. The molecule has 0 bridgehead atoms. The van der Waals surface area contributed by atoms with Gasteiger partial charge in [0.2, 0.25) is 0 Å². The molecule has 6 nitrogen and oxygen atoms in total. The Kier molecular flexibility index (Phi) is 5.85. The predicted molar refractivity (Wildman–Crippen MR) is 96.5 cm³/mol. The fourth-order valence-corrected chi connectivity index (χ4v) is 2.88. The van der Waals surface area contributed by atoms with E-state index in [1.807, 2.05) is 36.4 Å². The van der Waals surface area contributed by atoms with E-state index >= 15 is 0 Å². The van der Waals surface area contributed by atoms with E-state index in [-0.39, 0.29) is 13.2 Å². The van der Waals surface area contributed by atoms with Gasteiger partial charge in [-0.3, -0.25) is 5.32 Å². The Morgan fingerprint density at radius 1 is 1.20 bits per heavy atom. The van der Waals surface area contributed by atoms with Crippen LogP contribution < -0.4 is 10.2 Å². The van der Waals surface area contributed by atoms with Crippen LogP contribution in [0.1, 0.15) is 18.4 Å². The van der Waals surface area contributed by atoms with Gasteiger partial charge in [-0.1, -0.05) is 30.3 Å². The lowest BCUT2D eigenvalue weighted by molar-refractivity contribution is 0.155. The lowest BCUT2D eigenvalue weighted by atomic mass is 9.98. The Balaban J connectivity index is 1.48. The number of nitrogens with zero attached hydrogens (tertiary/aromatic N) is 2. The first kappa shape index (κ1) is 17.2. The SMILES string of the molecule is O=C(Nc1ccc(N2CCC(CO)CC2)cn1)OCc1ccccc1. The number of carbonyl (C=O) groups is 1. The highest BCUT2D eigenvalue weighted by atomic mass is 16.5. The second kappa shape index (κ2) is 8.48. The Morgan fingerprint density at radius 3 is 2.60 bits per heavy atom. The molecule has 2 aromatic rings. The average molecular weight is 341 g/mol. The molecular weight excluding hydrogens is 318 g/mol. The molecule has 1 amide bonds. The van der Waals surface area contributed by atoms with E-state index in [4.69, 9.17) is 4.74 Å². The number of piperidine rings is 1. The summed E-state index contributed by atoms with van der Waals surface area (Å²) < 4.78 is 5.18. The predicted octanol–water partition coefficient (Wildman–Crippen LogP) is 3.04. The molecule has 1 aliphatic heterocycles. The number of hydrogen-bond acceptors (Lipinski definition) is 5. The van der Waals surface area contributed by atoms with E-state index in [0.717, 1.165) is 37.2 Å². The first-order chi connectivity index (χ1) is 12.2. The van der Waals surface area contributed by atoms with Crippen LogP contribution in [0, 0.1) is 5.92 Å². The van der Waals surface area contributed by atoms with Gasteiger partial charge in [0.15, 0.2) is 0 Å². The first-order valence-corrected chi connectivity index (χ1v) is 8.54. The van der Waals surface area contributed by atoms with E-state index in [9.17, 15) is 9.90 Å². The van der Waals surface area contributed by atoms with Crippen molar-refractivity contribution < 1.29 is 14.6 Å². The topological polar surface area (TPSA) is 74.7 Å². The van der Waals surface area contributed by atoms with Crippen molar-refractivity contribution in [2.45, 2.75) is 19.4 Å².